The third kappa shape index (κ3) is 4.23. The molecule has 138 valence electrons. The minimum absolute atomic E-state index is 0.124. The second kappa shape index (κ2) is 8.52. The lowest BCUT2D eigenvalue weighted by Crippen LogP contribution is -2.45. The van der Waals surface area contributed by atoms with Crippen LogP contribution in [0.3, 0.4) is 0 Å². The van der Waals surface area contributed by atoms with Crippen molar-refractivity contribution >= 4 is 6.09 Å². The monoisotopic (exact) mass is 337 g/mol. The molecule has 3 aliphatic rings. The second-order valence-electron chi connectivity index (χ2n) is 7.83. The van der Waals surface area contributed by atoms with Crippen LogP contribution < -0.4 is 0 Å². The fraction of sp³-hybridized carbons (Fsp3) is 0.947. The smallest absolute Gasteiger partial charge is 0.409 e. The predicted molar refractivity (Wildman–Crippen MR) is 96.2 cm³/mol. The average molecular weight is 338 g/mol. The first-order valence-corrected chi connectivity index (χ1v) is 10.0. The maximum absolute atomic E-state index is 11.9. The number of likely N-dealkylation sites (tertiary alicyclic amines) is 3. The molecule has 24 heavy (non-hydrogen) atoms. The third-order valence-electron chi connectivity index (χ3n) is 6.44. The van der Waals surface area contributed by atoms with Crippen LogP contribution in [-0.4, -0.2) is 79.3 Å². The van der Waals surface area contributed by atoms with Crippen molar-refractivity contribution in [3.63, 3.8) is 0 Å². The van der Waals surface area contributed by atoms with Crippen molar-refractivity contribution in [3.05, 3.63) is 0 Å². The Balaban J connectivity index is 1.45. The van der Waals surface area contributed by atoms with Gasteiger partial charge >= 0.3 is 6.09 Å². The van der Waals surface area contributed by atoms with Crippen LogP contribution in [0.4, 0.5) is 4.79 Å². The van der Waals surface area contributed by atoms with E-state index < -0.39 is 0 Å². The molecule has 3 rings (SSSR count). The molecule has 0 N–H and O–H groups in total. The molecule has 5 heteroatoms. The summed E-state index contributed by atoms with van der Waals surface area (Å²) in [7, 11) is 2.30. The lowest BCUT2D eigenvalue weighted by atomic mass is 9.87. The van der Waals surface area contributed by atoms with Gasteiger partial charge in [0.1, 0.15) is 0 Å². The van der Waals surface area contributed by atoms with Gasteiger partial charge in [0.15, 0.2) is 0 Å². The first kappa shape index (κ1) is 18.0. The number of piperidine rings is 1. The predicted octanol–water partition coefficient (Wildman–Crippen LogP) is 2.80. The normalized spacial score (nSPS) is 31.2. The lowest BCUT2D eigenvalue weighted by molar-refractivity contribution is 0.0861. The van der Waals surface area contributed by atoms with Crippen LogP contribution in [0.5, 0.6) is 0 Å². The standard InChI is InChI=1S/C19H35N3O2/c1-3-24-19(23)22-12-4-6-17(10-15-22)21-13-8-16(9-14-21)18-7-5-11-20(18)2/h16-18H,3-15H2,1-2H3. The quantitative estimate of drug-likeness (QED) is 0.793. The van der Waals surface area contributed by atoms with Gasteiger partial charge in [-0.25, -0.2) is 4.79 Å². The summed E-state index contributed by atoms with van der Waals surface area (Å²) in [4.78, 5) is 19.1. The molecule has 3 saturated heterocycles. The van der Waals surface area contributed by atoms with Gasteiger partial charge in [-0.2, -0.15) is 0 Å². The second-order valence-corrected chi connectivity index (χ2v) is 7.83. The molecule has 0 radical (unpaired) electrons. The van der Waals surface area contributed by atoms with Gasteiger partial charge in [-0.05, 0) is 84.5 Å². The van der Waals surface area contributed by atoms with Gasteiger partial charge in [-0.15, -0.1) is 0 Å². The Kier molecular flexibility index (Phi) is 6.39. The van der Waals surface area contributed by atoms with E-state index in [0.29, 0.717) is 12.6 Å². The summed E-state index contributed by atoms with van der Waals surface area (Å²) in [5.41, 5.74) is 0. The number of hydrogen-bond acceptors (Lipinski definition) is 4. The SMILES string of the molecule is CCOC(=O)N1CCCC(N2CCC(C3CCCN3C)CC2)CC1. The van der Waals surface area contributed by atoms with Crippen LogP contribution in [0.1, 0.15) is 51.9 Å². The number of hydrogen-bond donors (Lipinski definition) is 0. The van der Waals surface area contributed by atoms with Crippen molar-refractivity contribution < 1.29 is 9.53 Å². The van der Waals surface area contributed by atoms with Crippen molar-refractivity contribution in [2.45, 2.75) is 64.0 Å². The van der Waals surface area contributed by atoms with Crippen LogP contribution in [0.25, 0.3) is 0 Å². The van der Waals surface area contributed by atoms with E-state index in [4.69, 9.17) is 4.74 Å². The van der Waals surface area contributed by atoms with E-state index >= 15 is 0 Å². The molecule has 2 unspecified atom stereocenters. The van der Waals surface area contributed by atoms with E-state index in [2.05, 4.69) is 16.8 Å². The van der Waals surface area contributed by atoms with Crippen LogP contribution in [0.15, 0.2) is 0 Å². The highest BCUT2D eigenvalue weighted by atomic mass is 16.6. The Morgan fingerprint density at radius 3 is 2.38 bits per heavy atom. The summed E-state index contributed by atoms with van der Waals surface area (Å²) in [5.74, 6) is 0.899. The van der Waals surface area contributed by atoms with E-state index in [9.17, 15) is 4.79 Å². The van der Waals surface area contributed by atoms with Gasteiger partial charge in [0, 0.05) is 25.2 Å². The molecule has 0 spiro atoms. The van der Waals surface area contributed by atoms with E-state index in [1.165, 1.54) is 51.7 Å². The number of carbonyl (C=O) groups is 1. The van der Waals surface area contributed by atoms with Crippen molar-refractivity contribution in [1.29, 1.82) is 0 Å². The highest BCUT2D eigenvalue weighted by molar-refractivity contribution is 5.67. The van der Waals surface area contributed by atoms with Gasteiger partial charge in [0.2, 0.25) is 0 Å². The highest BCUT2D eigenvalue weighted by Crippen LogP contribution is 2.31. The molecule has 0 aliphatic carbocycles. The summed E-state index contributed by atoms with van der Waals surface area (Å²) in [6.07, 6.45) is 8.81. The molecule has 0 bridgehead atoms. The number of carbonyl (C=O) groups excluding carboxylic acids is 1. The maximum atomic E-state index is 11.9. The van der Waals surface area contributed by atoms with Gasteiger partial charge in [0.05, 0.1) is 6.61 Å². The molecule has 0 saturated carbocycles. The van der Waals surface area contributed by atoms with Crippen molar-refractivity contribution in [2.24, 2.45) is 5.92 Å². The van der Waals surface area contributed by atoms with Crippen molar-refractivity contribution in [3.8, 4) is 0 Å². The first-order valence-electron chi connectivity index (χ1n) is 10.0. The molecule has 1 amide bonds. The largest absolute Gasteiger partial charge is 0.450 e. The molecule has 3 heterocycles. The zero-order valence-electron chi connectivity index (χ0n) is 15.6. The third-order valence-corrected chi connectivity index (χ3v) is 6.44. The maximum Gasteiger partial charge on any atom is 0.409 e. The Morgan fingerprint density at radius 2 is 1.71 bits per heavy atom. The summed E-state index contributed by atoms with van der Waals surface area (Å²) < 4.78 is 5.17. The van der Waals surface area contributed by atoms with Crippen LogP contribution in [0, 0.1) is 5.92 Å². The molecule has 3 fully saturated rings. The molecule has 3 aliphatic heterocycles. The van der Waals surface area contributed by atoms with Gasteiger partial charge in [0.25, 0.3) is 0 Å². The Hall–Kier alpha value is -0.810. The zero-order chi connectivity index (χ0) is 16.9. The summed E-state index contributed by atoms with van der Waals surface area (Å²) in [5, 5.41) is 0. The van der Waals surface area contributed by atoms with Gasteiger partial charge in [-0.1, -0.05) is 0 Å². The van der Waals surface area contributed by atoms with E-state index in [0.717, 1.165) is 37.9 Å². The molecule has 0 aromatic carbocycles. The Morgan fingerprint density at radius 1 is 0.958 bits per heavy atom. The van der Waals surface area contributed by atoms with E-state index in [1.54, 1.807) is 0 Å². The molecular formula is C19H35N3O2. The zero-order valence-corrected chi connectivity index (χ0v) is 15.6. The number of nitrogens with zero attached hydrogens (tertiary/aromatic N) is 3. The first-order chi connectivity index (χ1) is 11.7. The molecule has 5 nitrogen and oxygen atoms in total. The number of ether oxygens (including phenoxy) is 1. The minimum atomic E-state index is -0.124. The summed E-state index contributed by atoms with van der Waals surface area (Å²) in [6.45, 7) is 7.86. The topological polar surface area (TPSA) is 36.0 Å². The van der Waals surface area contributed by atoms with Crippen LogP contribution in [0.2, 0.25) is 0 Å². The van der Waals surface area contributed by atoms with E-state index in [1.807, 2.05) is 11.8 Å². The Labute approximate surface area is 147 Å². The fourth-order valence-corrected chi connectivity index (χ4v) is 5.04. The van der Waals surface area contributed by atoms with Crippen LogP contribution >= 0.6 is 0 Å². The minimum Gasteiger partial charge on any atom is -0.450 e. The molecular weight excluding hydrogens is 302 g/mol. The highest BCUT2D eigenvalue weighted by Gasteiger charge is 2.34. The Bertz CT molecular complexity index is 409. The number of amides is 1. The van der Waals surface area contributed by atoms with Gasteiger partial charge < -0.3 is 19.4 Å². The molecule has 0 aromatic rings. The van der Waals surface area contributed by atoms with E-state index in [-0.39, 0.29) is 6.09 Å². The average Bonchev–Trinajstić information content (AvgIpc) is 2.87. The molecule has 2 atom stereocenters. The number of rotatable bonds is 3. The van der Waals surface area contributed by atoms with Crippen LogP contribution in [-0.2, 0) is 4.74 Å². The molecule has 0 aromatic heterocycles. The van der Waals surface area contributed by atoms with Gasteiger partial charge in [-0.3, -0.25) is 0 Å². The lowest BCUT2D eigenvalue weighted by Gasteiger charge is -2.40. The summed E-state index contributed by atoms with van der Waals surface area (Å²) in [6, 6.07) is 1.49. The van der Waals surface area contributed by atoms with Crippen molar-refractivity contribution in [2.75, 3.05) is 46.4 Å². The summed E-state index contributed by atoms with van der Waals surface area (Å²) >= 11 is 0. The van der Waals surface area contributed by atoms with Crippen molar-refractivity contribution in [1.82, 2.24) is 14.7 Å². The fourth-order valence-electron chi connectivity index (χ4n) is 5.04.